The standard InChI is InChI=1S/C20H16Cl2FNO/c21-16-6-9-19(22)20(11-16)24-12-15-2-1-3-18(10-15)25-13-14-4-7-17(23)8-5-14/h1-11,24H,12-13H2. The zero-order chi connectivity index (χ0) is 17.6. The third-order valence-corrected chi connectivity index (χ3v) is 4.19. The lowest BCUT2D eigenvalue weighted by Gasteiger charge is -2.11. The molecule has 5 heteroatoms. The van der Waals surface area contributed by atoms with Gasteiger partial charge in [-0.2, -0.15) is 0 Å². The average molecular weight is 376 g/mol. The molecule has 0 spiro atoms. The lowest BCUT2D eigenvalue weighted by molar-refractivity contribution is 0.306. The van der Waals surface area contributed by atoms with Crippen LogP contribution in [-0.2, 0) is 13.2 Å². The van der Waals surface area contributed by atoms with E-state index < -0.39 is 0 Å². The molecule has 0 fully saturated rings. The summed E-state index contributed by atoms with van der Waals surface area (Å²) >= 11 is 12.1. The van der Waals surface area contributed by atoms with Crippen LogP contribution in [0.2, 0.25) is 10.0 Å². The third-order valence-electron chi connectivity index (χ3n) is 3.63. The quantitative estimate of drug-likeness (QED) is 0.543. The minimum atomic E-state index is -0.253. The molecule has 0 aliphatic heterocycles. The van der Waals surface area contributed by atoms with Gasteiger partial charge in [0.05, 0.1) is 10.7 Å². The minimum absolute atomic E-state index is 0.253. The monoisotopic (exact) mass is 375 g/mol. The van der Waals surface area contributed by atoms with Gasteiger partial charge in [0.2, 0.25) is 0 Å². The van der Waals surface area contributed by atoms with Crippen molar-refractivity contribution in [3.05, 3.63) is 93.7 Å². The van der Waals surface area contributed by atoms with Crippen molar-refractivity contribution in [3.8, 4) is 5.75 Å². The maximum atomic E-state index is 12.9. The van der Waals surface area contributed by atoms with Gasteiger partial charge in [-0.25, -0.2) is 4.39 Å². The SMILES string of the molecule is Fc1ccc(COc2cccc(CNc3cc(Cl)ccc3Cl)c2)cc1. The Kier molecular flexibility index (Phi) is 5.79. The van der Waals surface area contributed by atoms with Crippen LogP contribution in [-0.4, -0.2) is 0 Å². The van der Waals surface area contributed by atoms with E-state index >= 15 is 0 Å². The van der Waals surface area contributed by atoms with E-state index in [1.54, 1.807) is 30.3 Å². The number of benzene rings is 3. The number of rotatable bonds is 6. The molecule has 2 nitrogen and oxygen atoms in total. The molecular formula is C20H16Cl2FNO. The molecule has 3 rings (SSSR count). The van der Waals surface area contributed by atoms with Crippen LogP contribution >= 0.6 is 23.2 Å². The second-order valence-corrected chi connectivity index (χ2v) is 6.38. The van der Waals surface area contributed by atoms with Crippen molar-refractivity contribution in [1.29, 1.82) is 0 Å². The lowest BCUT2D eigenvalue weighted by atomic mass is 10.2. The smallest absolute Gasteiger partial charge is 0.123 e. The summed E-state index contributed by atoms with van der Waals surface area (Å²) in [6.07, 6.45) is 0. The molecule has 0 heterocycles. The van der Waals surface area contributed by atoms with Crippen molar-refractivity contribution in [3.63, 3.8) is 0 Å². The molecule has 128 valence electrons. The van der Waals surface area contributed by atoms with E-state index in [1.807, 2.05) is 24.3 Å². The molecule has 0 saturated heterocycles. The molecule has 0 bridgehead atoms. The van der Waals surface area contributed by atoms with E-state index in [0.29, 0.717) is 23.2 Å². The number of nitrogens with one attached hydrogen (secondary N) is 1. The van der Waals surface area contributed by atoms with Gasteiger partial charge in [-0.1, -0.05) is 47.5 Å². The van der Waals surface area contributed by atoms with Crippen LogP contribution < -0.4 is 10.1 Å². The molecule has 3 aromatic carbocycles. The van der Waals surface area contributed by atoms with Gasteiger partial charge in [0.1, 0.15) is 18.2 Å². The van der Waals surface area contributed by atoms with E-state index in [2.05, 4.69) is 5.32 Å². The van der Waals surface area contributed by atoms with E-state index in [1.165, 1.54) is 12.1 Å². The molecular weight excluding hydrogens is 360 g/mol. The molecule has 0 aliphatic carbocycles. The summed E-state index contributed by atoms with van der Waals surface area (Å²) < 4.78 is 18.7. The summed E-state index contributed by atoms with van der Waals surface area (Å²) in [5.74, 6) is 0.498. The predicted molar refractivity (Wildman–Crippen MR) is 101 cm³/mol. The highest BCUT2D eigenvalue weighted by molar-refractivity contribution is 6.35. The Labute approximate surface area is 156 Å². The molecule has 0 radical (unpaired) electrons. The molecule has 0 aliphatic rings. The van der Waals surface area contributed by atoms with Crippen LogP contribution in [0.4, 0.5) is 10.1 Å². The highest BCUT2D eigenvalue weighted by atomic mass is 35.5. The lowest BCUT2D eigenvalue weighted by Crippen LogP contribution is -2.01. The minimum Gasteiger partial charge on any atom is -0.489 e. The number of hydrogen-bond donors (Lipinski definition) is 1. The normalized spacial score (nSPS) is 10.5. The first-order valence-electron chi connectivity index (χ1n) is 7.75. The molecule has 0 aromatic heterocycles. The Bertz CT molecular complexity index is 853. The number of halogens is 3. The summed E-state index contributed by atoms with van der Waals surface area (Å²) in [5.41, 5.74) is 2.75. The van der Waals surface area contributed by atoms with Crippen LogP contribution in [0.1, 0.15) is 11.1 Å². The topological polar surface area (TPSA) is 21.3 Å². The fourth-order valence-corrected chi connectivity index (χ4v) is 2.68. The van der Waals surface area contributed by atoms with Crippen molar-refractivity contribution in [2.24, 2.45) is 0 Å². The Morgan fingerprint density at radius 1 is 0.880 bits per heavy atom. The Morgan fingerprint density at radius 3 is 2.48 bits per heavy atom. The van der Waals surface area contributed by atoms with Crippen molar-refractivity contribution < 1.29 is 9.13 Å². The third kappa shape index (κ3) is 5.12. The molecule has 1 N–H and O–H groups in total. The van der Waals surface area contributed by atoms with Gasteiger partial charge in [-0.3, -0.25) is 0 Å². The van der Waals surface area contributed by atoms with Crippen molar-refractivity contribution in [2.75, 3.05) is 5.32 Å². The van der Waals surface area contributed by atoms with Crippen LogP contribution in [0.5, 0.6) is 5.75 Å². The molecule has 0 saturated carbocycles. The average Bonchev–Trinajstić information content (AvgIpc) is 2.62. The van der Waals surface area contributed by atoms with Crippen molar-refractivity contribution in [1.82, 2.24) is 0 Å². The fraction of sp³-hybridized carbons (Fsp3) is 0.100. The van der Waals surface area contributed by atoms with E-state index in [9.17, 15) is 4.39 Å². The Hall–Kier alpha value is -2.23. The second-order valence-electron chi connectivity index (χ2n) is 5.54. The van der Waals surface area contributed by atoms with Crippen LogP contribution in [0, 0.1) is 5.82 Å². The van der Waals surface area contributed by atoms with Gasteiger partial charge >= 0.3 is 0 Å². The largest absolute Gasteiger partial charge is 0.489 e. The number of hydrogen-bond acceptors (Lipinski definition) is 2. The van der Waals surface area contributed by atoms with Gasteiger partial charge in [0, 0.05) is 11.6 Å². The first-order valence-corrected chi connectivity index (χ1v) is 8.51. The first-order chi connectivity index (χ1) is 12.1. The second kappa shape index (κ2) is 8.24. The highest BCUT2D eigenvalue weighted by Gasteiger charge is 2.03. The summed E-state index contributed by atoms with van der Waals surface area (Å²) in [7, 11) is 0. The van der Waals surface area contributed by atoms with Gasteiger partial charge in [0.25, 0.3) is 0 Å². The predicted octanol–water partition coefficient (Wildman–Crippen LogP) is 6.32. The highest BCUT2D eigenvalue weighted by Crippen LogP contribution is 2.26. The molecule has 0 unspecified atom stereocenters. The van der Waals surface area contributed by atoms with Gasteiger partial charge in [-0.15, -0.1) is 0 Å². The van der Waals surface area contributed by atoms with Crippen LogP contribution in [0.15, 0.2) is 66.7 Å². The number of anilines is 1. The maximum Gasteiger partial charge on any atom is 0.123 e. The summed E-state index contributed by atoms with van der Waals surface area (Å²) in [6.45, 7) is 0.977. The Morgan fingerprint density at radius 2 is 1.68 bits per heavy atom. The number of ether oxygens (including phenoxy) is 1. The fourth-order valence-electron chi connectivity index (χ4n) is 2.32. The summed E-state index contributed by atoms with van der Waals surface area (Å²) in [6, 6.07) is 19.3. The summed E-state index contributed by atoms with van der Waals surface area (Å²) in [5, 5.41) is 4.51. The van der Waals surface area contributed by atoms with Crippen LogP contribution in [0.25, 0.3) is 0 Å². The van der Waals surface area contributed by atoms with E-state index in [4.69, 9.17) is 27.9 Å². The Balaban J connectivity index is 1.61. The van der Waals surface area contributed by atoms with Crippen molar-refractivity contribution in [2.45, 2.75) is 13.2 Å². The van der Waals surface area contributed by atoms with E-state index in [-0.39, 0.29) is 5.82 Å². The molecule has 25 heavy (non-hydrogen) atoms. The van der Waals surface area contributed by atoms with Gasteiger partial charge < -0.3 is 10.1 Å². The van der Waals surface area contributed by atoms with Gasteiger partial charge in [-0.05, 0) is 53.6 Å². The molecule has 3 aromatic rings. The van der Waals surface area contributed by atoms with Crippen molar-refractivity contribution >= 4 is 28.9 Å². The zero-order valence-corrected chi connectivity index (χ0v) is 14.8. The van der Waals surface area contributed by atoms with E-state index in [0.717, 1.165) is 22.6 Å². The van der Waals surface area contributed by atoms with Gasteiger partial charge in [0.15, 0.2) is 0 Å². The maximum absolute atomic E-state index is 12.9. The van der Waals surface area contributed by atoms with Crippen LogP contribution in [0.3, 0.4) is 0 Å². The first kappa shape index (κ1) is 17.6. The summed E-state index contributed by atoms with van der Waals surface area (Å²) in [4.78, 5) is 0. The molecule has 0 atom stereocenters. The zero-order valence-electron chi connectivity index (χ0n) is 13.3. The molecule has 0 amide bonds.